The number of hydrogen-bond donors (Lipinski definition) is 1. The highest BCUT2D eigenvalue weighted by atomic mass is 19.4. The highest BCUT2D eigenvalue weighted by molar-refractivity contribution is 6.17. The number of halogens is 3. The lowest BCUT2D eigenvalue weighted by Crippen LogP contribution is -2.06. The quantitative estimate of drug-likeness (QED) is 0.476. The fraction of sp³-hybridized carbons (Fsp3) is 0.0500. The highest BCUT2D eigenvalue weighted by Crippen LogP contribution is 2.35. The van der Waals surface area contributed by atoms with Gasteiger partial charge in [-0.25, -0.2) is 0 Å². The Morgan fingerprint density at radius 2 is 1.52 bits per heavy atom. The first-order chi connectivity index (χ1) is 11.9. The molecule has 0 saturated carbocycles. The molecular weight excluding hydrogens is 327 g/mol. The number of rotatable bonds is 2. The van der Waals surface area contributed by atoms with Crippen molar-refractivity contribution in [1.82, 2.24) is 4.98 Å². The van der Waals surface area contributed by atoms with Crippen LogP contribution >= 0.6 is 0 Å². The molecule has 0 spiro atoms. The van der Waals surface area contributed by atoms with Gasteiger partial charge in [0, 0.05) is 10.9 Å². The lowest BCUT2D eigenvalue weighted by Gasteiger charge is -2.07. The van der Waals surface area contributed by atoms with Crippen LogP contribution in [0.15, 0.2) is 66.7 Å². The number of carbonyl (C=O) groups is 1. The molecule has 4 aromatic rings. The van der Waals surface area contributed by atoms with Crippen LogP contribution in [0.4, 0.5) is 13.2 Å². The number of hydrogen-bond acceptors (Lipinski definition) is 1. The molecule has 1 N–H and O–H groups in total. The minimum absolute atomic E-state index is 0.0708. The van der Waals surface area contributed by atoms with Gasteiger partial charge in [-0.3, -0.25) is 4.79 Å². The van der Waals surface area contributed by atoms with E-state index in [9.17, 15) is 18.0 Å². The van der Waals surface area contributed by atoms with E-state index in [1.165, 1.54) is 12.1 Å². The molecule has 0 aliphatic heterocycles. The average Bonchev–Trinajstić information content (AvgIpc) is 3.03. The van der Waals surface area contributed by atoms with Gasteiger partial charge in [-0.15, -0.1) is 0 Å². The summed E-state index contributed by atoms with van der Waals surface area (Å²) in [5.74, 6) is -0.332. The standard InChI is InChI=1S/C20H12F3NO/c21-20(22,23)16-10-4-7-13-11-17(24-18(13)16)19(25)15-9-3-6-12-5-1-2-8-14(12)15/h1-11,24H. The van der Waals surface area contributed by atoms with Gasteiger partial charge in [-0.1, -0.05) is 54.6 Å². The smallest absolute Gasteiger partial charge is 0.351 e. The second-order valence-electron chi connectivity index (χ2n) is 5.81. The fourth-order valence-electron chi connectivity index (χ4n) is 3.08. The number of aromatic amines is 1. The Bertz CT molecular complexity index is 1100. The van der Waals surface area contributed by atoms with Gasteiger partial charge < -0.3 is 4.98 Å². The van der Waals surface area contributed by atoms with Crippen molar-refractivity contribution in [2.75, 3.05) is 0 Å². The van der Waals surface area contributed by atoms with Crippen LogP contribution in [0.3, 0.4) is 0 Å². The Morgan fingerprint density at radius 3 is 2.32 bits per heavy atom. The van der Waals surface area contributed by atoms with Gasteiger partial charge in [0.25, 0.3) is 0 Å². The Balaban J connectivity index is 1.88. The van der Waals surface area contributed by atoms with Crippen molar-refractivity contribution in [3.8, 4) is 0 Å². The molecule has 5 heteroatoms. The molecule has 0 unspecified atom stereocenters. The van der Waals surface area contributed by atoms with Gasteiger partial charge in [-0.2, -0.15) is 13.2 Å². The van der Waals surface area contributed by atoms with E-state index in [-0.39, 0.29) is 17.0 Å². The number of carbonyl (C=O) groups excluding carboxylic acids is 1. The summed E-state index contributed by atoms with van der Waals surface area (Å²) in [6.07, 6.45) is -4.48. The van der Waals surface area contributed by atoms with Crippen molar-refractivity contribution < 1.29 is 18.0 Å². The Labute approximate surface area is 140 Å². The Kier molecular flexibility index (Phi) is 3.39. The number of para-hydroxylation sites is 1. The van der Waals surface area contributed by atoms with Crippen LogP contribution in [0, 0.1) is 0 Å². The summed E-state index contributed by atoms with van der Waals surface area (Å²) in [6.45, 7) is 0. The molecule has 0 amide bonds. The van der Waals surface area contributed by atoms with Gasteiger partial charge in [0.1, 0.15) is 0 Å². The average molecular weight is 339 g/mol. The first-order valence-corrected chi connectivity index (χ1v) is 7.66. The van der Waals surface area contributed by atoms with Crippen LogP contribution in [-0.2, 0) is 6.18 Å². The number of H-pyrrole nitrogens is 1. The fourth-order valence-corrected chi connectivity index (χ4v) is 3.08. The maximum atomic E-state index is 13.2. The normalized spacial score (nSPS) is 12.0. The summed E-state index contributed by atoms with van der Waals surface area (Å²) >= 11 is 0. The second-order valence-corrected chi connectivity index (χ2v) is 5.81. The number of ketones is 1. The Morgan fingerprint density at radius 1 is 0.840 bits per heavy atom. The predicted molar refractivity (Wildman–Crippen MR) is 90.7 cm³/mol. The summed E-state index contributed by atoms with van der Waals surface area (Å²) < 4.78 is 39.5. The van der Waals surface area contributed by atoms with E-state index >= 15 is 0 Å². The van der Waals surface area contributed by atoms with Crippen LogP contribution in [-0.4, -0.2) is 10.8 Å². The molecule has 124 valence electrons. The van der Waals surface area contributed by atoms with Crippen molar-refractivity contribution in [1.29, 1.82) is 0 Å². The third-order valence-electron chi connectivity index (χ3n) is 4.24. The molecule has 2 nitrogen and oxygen atoms in total. The highest BCUT2D eigenvalue weighted by Gasteiger charge is 2.33. The molecule has 0 fully saturated rings. The SMILES string of the molecule is O=C(c1cc2cccc(C(F)(F)F)c2[nH]1)c1cccc2ccccc12. The zero-order valence-corrected chi connectivity index (χ0v) is 12.9. The molecule has 1 aromatic heterocycles. The zero-order chi connectivity index (χ0) is 17.6. The lowest BCUT2D eigenvalue weighted by molar-refractivity contribution is -0.136. The maximum Gasteiger partial charge on any atom is 0.418 e. The van der Waals surface area contributed by atoms with Crippen LogP contribution < -0.4 is 0 Å². The molecule has 25 heavy (non-hydrogen) atoms. The number of nitrogens with one attached hydrogen (secondary N) is 1. The van der Waals surface area contributed by atoms with Crippen molar-refractivity contribution in [2.24, 2.45) is 0 Å². The molecular formula is C20H12F3NO. The first kappa shape index (κ1) is 15.4. The van der Waals surface area contributed by atoms with E-state index in [0.717, 1.165) is 16.8 Å². The molecule has 3 aromatic carbocycles. The molecule has 0 saturated heterocycles. The molecule has 0 atom stereocenters. The maximum absolute atomic E-state index is 13.2. The summed E-state index contributed by atoms with van der Waals surface area (Å²) in [4.78, 5) is 15.5. The molecule has 1 heterocycles. The summed E-state index contributed by atoms with van der Waals surface area (Å²) in [7, 11) is 0. The lowest BCUT2D eigenvalue weighted by atomic mass is 10.00. The van der Waals surface area contributed by atoms with E-state index in [1.807, 2.05) is 30.3 Å². The van der Waals surface area contributed by atoms with Crippen LogP contribution in [0.2, 0.25) is 0 Å². The van der Waals surface area contributed by atoms with E-state index in [1.54, 1.807) is 18.2 Å². The van der Waals surface area contributed by atoms with E-state index in [2.05, 4.69) is 4.98 Å². The largest absolute Gasteiger partial charge is 0.418 e. The summed E-state index contributed by atoms with van der Waals surface area (Å²) in [6, 6.07) is 18.1. The topological polar surface area (TPSA) is 32.9 Å². The monoisotopic (exact) mass is 339 g/mol. The minimum atomic E-state index is -4.48. The number of aromatic nitrogens is 1. The Hall–Kier alpha value is -3.08. The van der Waals surface area contributed by atoms with Crippen molar-refractivity contribution in [3.05, 3.63) is 83.6 Å². The van der Waals surface area contributed by atoms with Crippen LogP contribution in [0.1, 0.15) is 21.6 Å². The van der Waals surface area contributed by atoms with Crippen molar-refractivity contribution in [3.63, 3.8) is 0 Å². The van der Waals surface area contributed by atoms with E-state index in [0.29, 0.717) is 10.9 Å². The van der Waals surface area contributed by atoms with Gasteiger partial charge in [0.15, 0.2) is 0 Å². The molecule has 0 aliphatic rings. The van der Waals surface area contributed by atoms with Gasteiger partial charge in [0.2, 0.25) is 5.78 Å². The molecule has 4 rings (SSSR count). The van der Waals surface area contributed by atoms with Gasteiger partial charge in [-0.05, 0) is 22.9 Å². The van der Waals surface area contributed by atoms with Crippen molar-refractivity contribution in [2.45, 2.75) is 6.18 Å². The second kappa shape index (κ2) is 5.48. The van der Waals surface area contributed by atoms with Gasteiger partial charge >= 0.3 is 6.18 Å². The first-order valence-electron chi connectivity index (χ1n) is 7.66. The number of fused-ring (bicyclic) bond motifs is 2. The van der Waals surface area contributed by atoms with Gasteiger partial charge in [0.05, 0.1) is 16.8 Å². The minimum Gasteiger partial charge on any atom is -0.351 e. The van der Waals surface area contributed by atoms with E-state index < -0.39 is 11.7 Å². The van der Waals surface area contributed by atoms with E-state index in [4.69, 9.17) is 0 Å². The zero-order valence-electron chi connectivity index (χ0n) is 12.9. The molecule has 0 radical (unpaired) electrons. The third-order valence-corrected chi connectivity index (χ3v) is 4.24. The summed E-state index contributed by atoms with van der Waals surface area (Å²) in [5, 5.41) is 2.03. The number of benzene rings is 3. The van der Waals surface area contributed by atoms with Crippen LogP contribution in [0.25, 0.3) is 21.7 Å². The summed E-state index contributed by atoms with van der Waals surface area (Å²) in [5.41, 5.74) is -0.248. The van der Waals surface area contributed by atoms with Crippen LogP contribution in [0.5, 0.6) is 0 Å². The predicted octanol–water partition coefficient (Wildman–Crippen LogP) is 5.57. The van der Waals surface area contributed by atoms with Crippen molar-refractivity contribution >= 4 is 27.5 Å². The third kappa shape index (κ3) is 2.58. The number of alkyl halides is 3. The molecule has 0 aliphatic carbocycles. The molecule has 0 bridgehead atoms.